The van der Waals surface area contributed by atoms with Gasteiger partial charge in [0, 0.05) is 30.0 Å². The molecular formula is C12H13BrF3NO. The van der Waals surface area contributed by atoms with Gasteiger partial charge in [0.2, 0.25) is 0 Å². The summed E-state index contributed by atoms with van der Waals surface area (Å²) in [4.78, 5) is 1.68. The first kappa shape index (κ1) is 13.7. The van der Waals surface area contributed by atoms with Crippen LogP contribution in [0.15, 0.2) is 6.07 Å². The van der Waals surface area contributed by atoms with Crippen LogP contribution < -0.4 is 4.90 Å². The van der Waals surface area contributed by atoms with E-state index in [1.807, 2.05) is 0 Å². The van der Waals surface area contributed by atoms with Gasteiger partial charge in [-0.15, -0.1) is 0 Å². The first-order valence-electron chi connectivity index (χ1n) is 5.70. The van der Waals surface area contributed by atoms with Gasteiger partial charge in [0.25, 0.3) is 0 Å². The van der Waals surface area contributed by atoms with E-state index in [0.29, 0.717) is 31.6 Å². The fraction of sp³-hybridized carbons (Fsp3) is 0.500. The van der Waals surface area contributed by atoms with Gasteiger partial charge in [-0.1, -0.05) is 15.9 Å². The van der Waals surface area contributed by atoms with Gasteiger partial charge >= 0.3 is 0 Å². The van der Waals surface area contributed by atoms with Crippen LogP contribution in [0.2, 0.25) is 0 Å². The number of anilines is 1. The molecule has 100 valence electrons. The Labute approximate surface area is 112 Å². The standard InChI is InChI=1S/C12H13BrF3NO/c13-2-1-8-11(15)9(14)7-10(12(8)16)17-3-5-18-6-4-17/h7H,1-6H2. The second-order valence-corrected chi connectivity index (χ2v) is 4.82. The molecule has 6 heteroatoms. The van der Waals surface area contributed by atoms with Crippen LogP contribution in [0.1, 0.15) is 5.56 Å². The normalized spacial score (nSPS) is 16.1. The van der Waals surface area contributed by atoms with E-state index in [9.17, 15) is 13.2 Å². The number of morpholine rings is 1. The van der Waals surface area contributed by atoms with Crippen LogP contribution in [-0.4, -0.2) is 31.6 Å². The highest BCUT2D eigenvalue weighted by atomic mass is 79.9. The van der Waals surface area contributed by atoms with Crippen molar-refractivity contribution in [1.29, 1.82) is 0 Å². The third-order valence-electron chi connectivity index (χ3n) is 2.92. The number of rotatable bonds is 3. The SMILES string of the molecule is Fc1cc(N2CCOCC2)c(F)c(CCBr)c1F. The topological polar surface area (TPSA) is 12.5 Å². The fourth-order valence-electron chi connectivity index (χ4n) is 1.99. The zero-order valence-electron chi connectivity index (χ0n) is 9.69. The second-order valence-electron chi connectivity index (χ2n) is 4.02. The molecule has 1 fully saturated rings. The van der Waals surface area contributed by atoms with E-state index in [0.717, 1.165) is 6.07 Å². The van der Waals surface area contributed by atoms with Gasteiger partial charge < -0.3 is 9.64 Å². The van der Waals surface area contributed by atoms with Crippen LogP contribution in [0.4, 0.5) is 18.9 Å². The minimum atomic E-state index is -1.09. The van der Waals surface area contributed by atoms with Gasteiger partial charge in [-0.2, -0.15) is 0 Å². The van der Waals surface area contributed by atoms with Gasteiger partial charge in [0.05, 0.1) is 18.9 Å². The molecule has 0 aliphatic carbocycles. The molecule has 1 heterocycles. The Balaban J connectivity index is 2.40. The van der Waals surface area contributed by atoms with E-state index in [1.54, 1.807) is 4.90 Å². The predicted octanol–water partition coefficient (Wildman–Crippen LogP) is 2.88. The Morgan fingerprint density at radius 3 is 2.44 bits per heavy atom. The molecule has 0 saturated carbocycles. The zero-order valence-corrected chi connectivity index (χ0v) is 11.3. The summed E-state index contributed by atoms with van der Waals surface area (Å²) in [5, 5.41) is 0.382. The molecule has 18 heavy (non-hydrogen) atoms. The molecule has 0 atom stereocenters. The Bertz CT molecular complexity index is 436. The van der Waals surface area contributed by atoms with Crippen molar-refractivity contribution in [1.82, 2.24) is 0 Å². The molecule has 0 radical (unpaired) electrons. The quantitative estimate of drug-likeness (QED) is 0.626. The van der Waals surface area contributed by atoms with Crippen molar-refractivity contribution in [2.75, 3.05) is 36.5 Å². The van der Waals surface area contributed by atoms with E-state index in [2.05, 4.69) is 15.9 Å². The number of alkyl halides is 1. The minimum absolute atomic E-state index is 0.118. The molecule has 1 aliphatic heterocycles. The summed E-state index contributed by atoms with van der Waals surface area (Å²) in [6.07, 6.45) is 0.118. The Morgan fingerprint density at radius 2 is 1.83 bits per heavy atom. The van der Waals surface area contributed by atoms with Crippen molar-refractivity contribution in [3.05, 3.63) is 29.1 Å². The summed E-state index contributed by atoms with van der Waals surface area (Å²) in [6, 6.07) is 0.924. The lowest BCUT2D eigenvalue weighted by Gasteiger charge is -2.29. The van der Waals surface area contributed by atoms with E-state index >= 15 is 0 Å². The first-order chi connectivity index (χ1) is 8.65. The van der Waals surface area contributed by atoms with Gasteiger partial charge in [-0.25, -0.2) is 13.2 Å². The third kappa shape index (κ3) is 2.64. The molecule has 0 bridgehead atoms. The van der Waals surface area contributed by atoms with Crippen molar-refractivity contribution in [3.8, 4) is 0 Å². The summed E-state index contributed by atoms with van der Waals surface area (Å²) in [5.74, 6) is -2.77. The number of nitrogens with zero attached hydrogens (tertiary/aromatic N) is 1. The largest absolute Gasteiger partial charge is 0.378 e. The maximum absolute atomic E-state index is 14.2. The van der Waals surface area contributed by atoms with E-state index in [1.165, 1.54) is 0 Å². The number of hydrogen-bond donors (Lipinski definition) is 0. The summed E-state index contributed by atoms with van der Waals surface area (Å²) in [5.41, 5.74) is -0.0819. The molecule has 2 nitrogen and oxygen atoms in total. The molecule has 1 aromatic carbocycles. The Morgan fingerprint density at radius 1 is 1.17 bits per heavy atom. The van der Waals surface area contributed by atoms with E-state index in [4.69, 9.17) is 4.74 Å². The second kappa shape index (κ2) is 5.93. The van der Waals surface area contributed by atoms with Crippen molar-refractivity contribution in [2.24, 2.45) is 0 Å². The smallest absolute Gasteiger partial charge is 0.165 e. The maximum atomic E-state index is 14.2. The molecule has 0 amide bonds. The van der Waals surface area contributed by atoms with Crippen molar-refractivity contribution < 1.29 is 17.9 Å². The first-order valence-corrected chi connectivity index (χ1v) is 6.82. The molecule has 0 spiro atoms. The molecule has 1 aliphatic rings. The highest BCUT2D eigenvalue weighted by molar-refractivity contribution is 9.09. The van der Waals surface area contributed by atoms with Crippen LogP contribution in [0.3, 0.4) is 0 Å². The summed E-state index contributed by atoms with van der Waals surface area (Å²) in [6.45, 7) is 1.89. The third-order valence-corrected chi connectivity index (χ3v) is 3.32. The molecule has 1 saturated heterocycles. The maximum Gasteiger partial charge on any atom is 0.165 e. The minimum Gasteiger partial charge on any atom is -0.378 e. The molecule has 1 aromatic rings. The summed E-state index contributed by atoms with van der Waals surface area (Å²) >= 11 is 3.11. The molecule has 0 unspecified atom stereocenters. The number of hydrogen-bond acceptors (Lipinski definition) is 2. The zero-order chi connectivity index (χ0) is 13.1. The lowest BCUT2D eigenvalue weighted by molar-refractivity contribution is 0.122. The Hall–Kier alpha value is -0.750. The van der Waals surface area contributed by atoms with Crippen molar-refractivity contribution in [3.63, 3.8) is 0 Å². The molecule has 2 rings (SSSR count). The fourth-order valence-corrected chi connectivity index (χ4v) is 2.39. The number of ether oxygens (including phenoxy) is 1. The van der Waals surface area contributed by atoms with Crippen LogP contribution >= 0.6 is 15.9 Å². The van der Waals surface area contributed by atoms with E-state index in [-0.39, 0.29) is 17.7 Å². The average molecular weight is 324 g/mol. The lowest BCUT2D eigenvalue weighted by atomic mass is 10.1. The average Bonchev–Trinajstić information content (AvgIpc) is 2.40. The highest BCUT2D eigenvalue weighted by Gasteiger charge is 2.22. The lowest BCUT2D eigenvalue weighted by Crippen LogP contribution is -2.37. The van der Waals surface area contributed by atoms with E-state index < -0.39 is 17.5 Å². The van der Waals surface area contributed by atoms with Crippen LogP contribution in [0.5, 0.6) is 0 Å². The van der Waals surface area contributed by atoms with Crippen LogP contribution in [-0.2, 0) is 11.2 Å². The van der Waals surface area contributed by atoms with Crippen LogP contribution in [0.25, 0.3) is 0 Å². The summed E-state index contributed by atoms with van der Waals surface area (Å²) in [7, 11) is 0. The van der Waals surface area contributed by atoms with Crippen molar-refractivity contribution in [2.45, 2.75) is 6.42 Å². The number of halogens is 4. The van der Waals surface area contributed by atoms with Crippen LogP contribution in [0, 0.1) is 17.5 Å². The molecule has 0 N–H and O–H groups in total. The summed E-state index contributed by atoms with van der Waals surface area (Å²) < 4.78 is 46.3. The van der Waals surface area contributed by atoms with Crippen molar-refractivity contribution >= 4 is 21.6 Å². The Kier molecular flexibility index (Phi) is 4.50. The van der Waals surface area contributed by atoms with Gasteiger partial charge in [0.15, 0.2) is 17.5 Å². The molecule has 0 aromatic heterocycles. The van der Waals surface area contributed by atoms with Gasteiger partial charge in [-0.3, -0.25) is 0 Å². The molecular weight excluding hydrogens is 311 g/mol. The highest BCUT2D eigenvalue weighted by Crippen LogP contribution is 2.28. The van der Waals surface area contributed by atoms with Gasteiger partial charge in [-0.05, 0) is 6.42 Å². The predicted molar refractivity (Wildman–Crippen MR) is 66.8 cm³/mol. The number of benzene rings is 1. The monoisotopic (exact) mass is 323 g/mol. The van der Waals surface area contributed by atoms with Gasteiger partial charge in [0.1, 0.15) is 0 Å².